The third-order valence-corrected chi connectivity index (χ3v) is 6.88. The van der Waals surface area contributed by atoms with E-state index in [-0.39, 0.29) is 5.97 Å². The molecule has 2 aromatic rings. The Kier molecular flexibility index (Phi) is 5.07. The van der Waals surface area contributed by atoms with Gasteiger partial charge in [0, 0.05) is 17.9 Å². The lowest BCUT2D eigenvalue weighted by Crippen LogP contribution is -2.23. The molecule has 0 aliphatic heterocycles. The van der Waals surface area contributed by atoms with Gasteiger partial charge in [0.2, 0.25) is 0 Å². The van der Waals surface area contributed by atoms with Crippen LogP contribution in [-0.4, -0.2) is 19.1 Å². The lowest BCUT2D eigenvalue weighted by atomic mass is 9.73. The smallest absolute Gasteiger partial charge is 0.338 e. The number of nitrogens with zero attached hydrogens (tertiary/aromatic N) is 1. The number of hydrogen-bond acceptors (Lipinski definition) is 3. The largest absolute Gasteiger partial charge is 0.462 e. The van der Waals surface area contributed by atoms with Gasteiger partial charge in [-0.2, -0.15) is 0 Å². The molecule has 0 radical (unpaired) electrons. The van der Waals surface area contributed by atoms with E-state index in [2.05, 4.69) is 29.2 Å². The maximum absolute atomic E-state index is 12.0. The molecule has 2 aromatic carbocycles. The lowest BCUT2D eigenvalue weighted by molar-refractivity contribution is 0.0526. The predicted molar refractivity (Wildman–Crippen MR) is 117 cm³/mol. The van der Waals surface area contributed by atoms with Gasteiger partial charge in [0.1, 0.15) is 0 Å². The molecule has 3 nitrogen and oxygen atoms in total. The van der Waals surface area contributed by atoms with Crippen molar-refractivity contribution in [2.45, 2.75) is 64.2 Å². The highest BCUT2D eigenvalue weighted by molar-refractivity contribution is 5.90. The monoisotopic (exact) mass is 389 g/mol. The molecule has 0 aromatic heterocycles. The minimum Gasteiger partial charge on any atom is -0.462 e. The number of carbonyl (C=O) groups excluding carboxylic acids is 1. The molecule has 0 amide bonds. The number of rotatable bonds is 6. The number of benzene rings is 2. The Morgan fingerprint density at radius 3 is 2.21 bits per heavy atom. The van der Waals surface area contributed by atoms with Crippen molar-refractivity contribution in [3.05, 3.63) is 58.7 Å². The van der Waals surface area contributed by atoms with Crippen molar-refractivity contribution >= 4 is 17.3 Å². The topological polar surface area (TPSA) is 29.5 Å². The lowest BCUT2D eigenvalue weighted by Gasteiger charge is -2.34. The Hall–Kier alpha value is -2.29. The number of aryl methyl sites for hydroxylation is 2. The molecule has 1 saturated carbocycles. The molecule has 0 unspecified atom stereocenters. The zero-order valence-electron chi connectivity index (χ0n) is 17.5. The Labute approximate surface area is 174 Å². The van der Waals surface area contributed by atoms with Crippen molar-refractivity contribution in [1.29, 1.82) is 0 Å². The maximum atomic E-state index is 12.0. The SMILES string of the molecule is CCOC(=O)c1ccc(N(CC2CC2)c2cc3c4c(c2)CCCC4CCC3)cc1. The fraction of sp³-hybridized carbons (Fsp3) is 0.500. The molecule has 0 heterocycles. The first-order chi connectivity index (χ1) is 14.2. The minimum absolute atomic E-state index is 0.239. The van der Waals surface area contributed by atoms with E-state index in [1.807, 2.05) is 19.1 Å². The predicted octanol–water partition coefficient (Wildman–Crippen LogP) is 6.17. The third kappa shape index (κ3) is 3.80. The number of esters is 1. The van der Waals surface area contributed by atoms with Gasteiger partial charge in [0.15, 0.2) is 0 Å². The molecule has 152 valence electrons. The van der Waals surface area contributed by atoms with E-state index >= 15 is 0 Å². The van der Waals surface area contributed by atoms with Crippen LogP contribution in [-0.2, 0) is 17.6 Å². The van der Waals surface area contributed by atoms with Gasteiger partial charge < -0.3 is 9.64 Å². The molecule has 0 atom stereocenters. The zero-order chi connectivity index (χ0) is 19.8. The summed E-state index contributed by atoms with van der Waals surface area (Å²) in [4.78, 5) is 14.5. The summed E-state index contributed by atoms with van der Waals surface area (Å²) in [5.74, 6) is 1.36. The molecule has 3 heteroatoms. The Morgan fingerprint density at radius 1 is 0.966 bits per heavy atom. The second-order valence-electron chi connectivity index (χ2n) is 8.98. The summed E-state index contributed by atoms with van der Waals surface area (Å²) < 4.78 is 5.14. The molecule has 0 N–H and O–H groups in total. The van der Waals surface area contributed by atoms with Gasteiger partial charge in [0.05, 0.1) is 12.2 Å². The molecule has 0 bridgehead atoms. The first-order valence-electron chi connectivity index (χ1n) is 11.4. The van der Waals surface area contributed by atoms with E-state index in [4.69, 9.17) is 4.74 Å². The number of hydrogen-bond donors (Lipinski definition) is 0. The summed E-state index contributed by atoms with van der Waals surface area (Å²) in [7, 11) is 0. The molecule has 3 aliphatic carbocycles. The third-order valence-electron chi connectivity index (χ3n) is 6.88. The summed E-state index contributed by atoms with van der Waals surface area (Å²) >= 11 is 0. The fourth-order valence-corrected chi connectivity index (χ4v) is 5.28. The van der Waals surface area contributed by atoms with Gasteiger partial charge in [-0.05, 0) is 123 Å². The second-order valence-corrected chi connectivity index (χ2v) is 8.98. The van der Waals surface area contributed by atoms with Gasteiger partial charge in [-0.1, -0.05) is 0 Å². The highest BCUT2D eigenvalue weighted by atomic mass is 16.5. The number of anilines is 2. The molecule has 0 spiro atoms. The van der Waals surface area contributed by atoms with Gasteiger partial charge in [-0.15, -0.1) is 0 Å². The highest BCUT2D eigenvalue weighted by Gasteiger charge is 2.30. The van der Waals surface area contributed by atoms with Crippen LogP contribution < -0.4 is 4.90 Å². The summed E-state index contributed by atoms with van der Waals surface area (Å²) in [6.07, 6.45) is 10.5. The van der Waals surface area contributed by atoms with Crippen molar-refractivity contribution in [2.24, 2.45) is 5.92 Å². The quantitative estimate of drug-likeness (QED) is 0.554. The second kappa shape index (κ2) is 7.85. The molecule has 29 heavy (non-hydrogen) atoms. The molecular weight excluding hydrogens is 358 g/mol. The Morgan fingerprint density at radius 2 is 1.62 bits per heavy atom. The van der Waals surface area contributed by atoms with Crippen molar-refractivity contribution in [1.82, 2.24) is 0 Å². The molecule has 1 fully saturated rings. The average Bonchev–Trinajstić information content (AvgIpc) is 3.57. The standard InChI is InChI=1S/C26H31NO2/c1-2-29-26(28)20-11-13-23(14-12-20)27(17-18-9-10-18)24-15-21-7-3-5-19-6-4-8-22(16-24)25(19)21/h11-16,18-19H,2-10,17H2,1H3. The van der Waals surface area contributed by atoms with E-state index in [0.29, 0.717) is 12.2 Å². The van der Waals surface area contributed by atoms with Crippen LogP contribution >= 0.6 is 0 Å². The van der Waals surface area contributed by atoms with Crippen LogP contribution in [0.15, 0.2) is 36.4 Å². The summed E-state index contributed by atoms with van der Waals surface area (Å²) in [6.45, 7) is 3.32. The molecule has 3 aliphatic rings. The Bertz CT molecular complexity index is 866. The van der Waals surface area contributed by atoms with Crippen LogP contribution in [0.3, 0.4) is 0 Å². The first kappa shape index (κ1) is 18.7. The normalized spacial score (nSPS) is 18.2. The van der Waals surface area contributed by atoms with Crippen molar-refractivity contribution < 1.29 is 9.53 Å². The zero-order valence-corrected chi connectivity index (χ0v) is 17.5. The van der Waals surface area contributed by atoms with Crippen molar-refractivity contribution in [2.75, 3.05) is 18.1 Å². The maximum Gasteiger partial charge on any atom is 0.338 e. The van der Waals surface area contributed by atoms with Gasteiger partial charge >= 0.3 is 5.97 Å². The van der Waals surface area contributed by atoms with E-state index in [9.17, 15) is 4.79 Å². The van der Waals surface area contributed by atoms with Crippen LogP contribution in [0.1, 0.15) is 78.4 Å². The van der Waals surface area contributed by atoms with Gasteiger partial charge in [0.25, 0.3) is 0 Å². The van der Waals surface area contributed by atoms with Crippen LogP contribution in [0, 0.1) is 5.92 Å². The van der Waals surface area contributed by atoms with Crippen LogP contribution in [0.2, 0.25) is 0 Å². The van der Waals surface area contributed by atoms with Crippen molar-refractivity contribution in [3.8, 4) is 0 Å². The number of carbonyl (C=O) groups is 1. The van der Waals surface area contributed by atoms with Crippen molar-refractivity contribution in [3.63, 3.8) is 0 Å². The van der Waals surface area contributed by atoms with Crippen LogP contribution in [0.25, 0.3) is 0 Å². The summed E-state index contributed by atoms with van der Waals surface area (Å²) in [5, 5.41) is 0. The average molecular weight is 390 g/mol. The van der Waals surface area contributed by atoms with E-state index in [0.717, 1.165) is 18.4 Å². The molecule has 5 rings (SSSR count). The van der Waals surface area contributed by atoms with E-state index < -0.39 is 0 Å². The summed E-state index contributed by atoms with van der Waals surface area (Å²) in [6, 6.07) is 12.9. The minimum atomic E-state index is -0.239. The first-order valence-corrected chi connectivity index (χ1v) is 11.4. The van der Waals surface area contributed by atoms with E-state index in [1.54, 1.807) is 16.7 Å². The van der Waals surface area contributed by atoms with Gasteiger partial charge in [-0.3, -0.25) is 0 Å². The highest BCUT2D eigenvalue weighted by Crippen LogP contribution is 2.44. The van der Waals surface area contributed by atoms with Crippen LogP contribution in [0.4, 0.5) is 11.4 Å². The van der Waals surface area contributed by atoms with Crippen LogP contribution in [0.5, 0.6) is 0 Å². The van der Waals surface area contributed by atoms with Gasteiger partial charge in [-0.25, -0.2) is 4.79 Å². The molecular formula is C26H31NO2. The summed E-state index contributed by atoms with van der Waals surface area (Å²) in [5.41, 5.74) is 8.03. The number of ether oxygens (including phenoxy) is 1. The van der Waals surface area contributed by atoms with E-state index in [1.165, 1.54) is 62.7 Å². The molecule has 0 saturated heterocycles. The fourth-order valence-electron chi connectivity index (χ4n) is 5.28. The Balaban J connectivity index is 1.49.